The maximum Gasteiger partial charge on any atom is 0.229 e. The predicted octanol–water partition coefficient (Wildman–Crippen LogP) is 4.89. The van der Waals surface area contributed by atoms with Crippen LogP contribution >= 0.6 is 0 Å². The van der Waals surface area contributed by atoms with E-state index in [1.54, 1.807) is 42.7 Å². The first-order chi connectivity index (χ1) is 22.0. The van der Waals surface area contributed by atoms with Crippen molar-refractivity contribution in [1.82, 2.24) is 15.0 Å². The number of ether oxygens (including phenoxy) is 6. The molecule has 0 aliphatic carbocycles. The second-order valence-electron chi connectivity index (χ2n) is 9.90. The van der Waals surface area contributed by atoms with E-state index in [1.165, 1.54) is 0 Å². The van der Waals surface area contributed by atoms with E-state index in [0.29, 0.717) is 72.0 Å². The number of anilines is 3. The van der Waals surface area contributed by atoms with E-state index < -0.39 is 0 Å². The minimum Gasteiger partial charge on any atom is -0.493 e. The fraction of sp³-hybridized carbons (Fsp3) is 0.364. The molecule has 3 aromatic carbocycles. The van der Waals surface area contributed by atoms with Crippen LogP contribution in [0.2, 0.25) is 0 Å². The van der Waals surface area contributed by atoms with Gasteiger partial charge in [0.05, 0.1) is 42.7 Å². The van der Waals surface area contributed by atoms with Gasteiger partial charge in [-0.05, 0) is 72.4 Å². The van der Waals surface area contributed by atoms with Crippen molar-refractivity contribution in [2.45, 2.75) is 19.3 Å². The Morgan fingerprint density at radius 3 is 0.911 bits per heavy atom. The van der Waals surface area contributed by atoms with Gasteiger partial charge in [0.1, 0.15) is 0 Å². The zero-order chi connectivity index (χ0) is 32.0. The molecule has 12 heteroatoms. The molecule has 0 radical (unpaired) electrons. The Hall–Kier alpha value is -5.13. The zero-order valence-electron chi connectivity index (χ0n) is 26.7. The molecule has 0 aliphatic rings. The molecule has 45 heavy (non-hydrogen) atoms. The molecule has 240 valence electrons. The third-order valence-electron chi connectivity index (χ3n) is 7.07. The predicted molar refractivity (Wildman–Crippen MR) is 175 cm³/mol. The zero-order valence-corrected chi connectivity index (χ0v) is 26.7. The molecule has 1 aromatic heterocycles. The lowest BCUT2D eigenvalue weighted by atomic mass is 10.1. The molecule has 4 aromatic rings. The van der Waals surface area contributed by atoms with Crippen molar-refractivity contribution in [2.75, 3.05) is 78.2 Å². The molecule has 0 amide bonds. The molecule has 4 rings (SSSR count). The Balaban J connectivity index is 1.43. The third-order valence-corrected chi connectivity index (χ3v) is 7.07. The van der Waals surface area contributed by atoms with Crippen molar-refractivity contribution in [3.8, 4) is 34.5 Å². The smallest absolute Gasteiger partial charge is 0.229 e. The monoisotopic (exact) mass is 618 g/mol. The summed E-state index contributed by atoms with van der Waals surface area (Å²) in [6.07, 6.45) is 2.20. The van der Waals surface area contributed by atoms with E-state index in [2.05, 4.69) is 30.9 Å². The van der Waals surface area contributed by atoms with Gasteiger partial charge < -0.3 is 44.4 Å². The quantitative estimate of drug-likeness (QED) is 0.140. The van der Waals surface area contributed by atoms with Crippen LogP contribution in [0.15, 0.2) is 54.6 Å². The SMILES string of the molecule is COc1ccc(CCNc2nc(NCCc3ccc(OC)c(OC)c3)nc(NCCc3ccc(OC)c(OC)c3)n2)cc1OC. The van der Waals surface area contributed by atoms with Gasteiger partial charge in [0.2, 0.25) is 17.8 Å². The second-order valence-corrected chi connectivity index (χ2v) is 9.90. The fourth-order valence-corrected chi connectivity index (χ4v) is 4.68. The number of benzene rings is 3. The number of nitrogens with zero attached hydrogens (tertiary/aromatic N) is 3. The molecule has 0 bridgehead atoms. The summed E-state index contributed by atoms with van der Waals surface area (Å²) in [5.74, 6) is 5.55. The molecule has 0 atom stereocenters. The summed E-state index contributed by atoms with van der Waals surface area (Å²) in [6.45, 7) is 1.82. The number of hydrogen-bond acceptors (Lipinski definition) is 12. The normalized spacial score (nSPS) is 10.5. The highest BCUT2D eigenvalue weighted by Crippen LogP contribution is 2.29. The van der Waals surface area contributed by atoms with Crippen LogP contribution in [-0.2, 0) is 19.3 Å². The van der Waals surface area contributed by atoms with Gasteiger partial charge in [-0.3, -0.25) is 0 Å². The van der Waals surface area contributed by atoms with E-state index >= 15 is 0 Å². The van der Waals surface area contributed by atoms with E-state index in [1.807, 2.05) is 54.6 Å². The van der Waals surface area contributed by atoms with E-state index in [4.69, 9.17) is 28.4 Å². The van der Waals surface area contributed by atoms with Crippen molar-refractivity contribution in [1.29, 1.82) is 0 Å². The van der Waals surface area contributed by atoms with E-state index in [-0.39, 0.29) is 0 Å². The summed E-state index contributed by atoms with van der Waals surface area (Å²) >= 11 is 0. The van der Waals surface area contributed by atoms with Gasteiger partial charge >= 0.3 is 0 Å². The highest BCUT2D eigenvalue weighted by Gasteiger charge is 2.10. The average Bonchev–Trinajstić information content (AvgIpc) is 3.07. The van der Waals surface area contributed by atoms with Gasteiger partial charge in [-0.2, -0.15) is 15.0 Å². The minimum atomic E-state index is 0.465. The second kappa shape index (κ2) is 16.6. The van der Waals surface area contributed by atoms with Crippen LogP contribution in [0.3, 0.4) is 0 Å². The van der Waals surface area contributed by atoms with Crippen LogP contribution in [0.4, 0.5) is 17.8 Å². The molecule has 0 aliphatic heterocycles. The van der Waals surface area contributed by atoms with Crippen molar-refractivity contribution in [3.63, 3.8) is 0 Å². The summed E-state index contributed by atoms with van der Waals surface area (Å²) in [5.41, 5.74) is 3.28. The maximum absolute atomic E-state index is 5.44. The van der Waals surface area contributed by atoms with Crippen molar-refractivity contribution in [2.24, 2.45) is 0 Å². The molecule has 0 unspecified atom stereocenters. The molecular formula is C33H42N6O6. The van der Waals surface area contributed by atoms with Crippen molar-refractivity contribution in [3.05, 3.63) is 71.3 Å². The molecular weight excluding hydrogens is 576 g/mol. The largest absolute Gasteiger partial charge is 0.493 e. The van der Waals surface area contributed by atoms with Crippen LogP contribution in [0, 0.1) is 0 Å². The number of rotatable bonds is 18. The first-order valence-electron chi connectivity index (χ1n) is 14.6. The number of aromatic nitrogens is 3. The van der Waals surface area contributed by atoms with Gasteiger partial charge in [0.15, 0.2) is 34.5 Å². The van der Waals surface area contributed by atoms with Crippen molar-refractivity contribution < 1.29 is 28.4 Å². The Labute approximate surface area is 264 Å². The Kier molecular flexibility index (Phi) is 12.1. The lowest BCUT2D eigenvalue weighted by Gasteiger charge is -2.13. The number of methoxy groups -OCH3 is 6. The van der Waals surface area contributed by atoms with Gasteiger partial charge in [-0.25, -0.2) is 0 Å². The molecule has 0 spiro atoms. The van der Waals surface area contributed by atoms with E-state index in [9.17, 15) is 0 Å². The highest BCUT2D eigenvalue weighted by molar-refractivity contribution is 5.46. The number of nitrogens with one attached hydrogen (secondary N) is 3. The first-order valence-corrected chi connectivity index (χ1v) is 14.6. The highest BCUT2D eigenvalue weighted by atomic mass is 16.5. The Bertz CT molecular complexity index is 1340. The summed E-state index contributed by atoms with van der Waals surface area (Å²) in [7, 11) is 9.76. The molecule has 1 heterocycles. The van der Waals surface area contributed by atoms with Gasteiger partial charge in [0, 0.05) is 19.6 Å². The fourth-order valence-electron chi connectivity index (χ4n) is 4.68. The Morgan fingerprint density at radius 1 is 0.400 bits per heavy atom. The number of hydrogen-bond donors (Lipinski definition) is 3. The lowest BCUT2D eigenvalue weighted by molar-refractivity contribution is 0.354. The summed E-state index contributed by atoms with van der Waals surface area (Å²) in [4.78, 5) is 13.9. The van der Waals surface area contributed by atoms with Crippen LogP contribution < -0.4 is 44.4 Å². The summed E-state index contributed by atoms with van der Waals surface area (Å²) in [6, 6.07) is 17.6. The lowest BCUT2D eigenvalue weighted by Crippen LogP contribution is -2.16. The topological polar surface area (TPSA) is 130 Å². The average molecular weight is 619 g/mol. The van der Waals surface area contributed by atoms with Gasteiger partial charge in [-0.1, -0.05) is 18.2 Å². The van der Waals surface area contributed by atoms with Crippen molar-refractivity contribution >= 4 is 17.8 Å². The minimum absolute atomic E-state index is 0.465. The van der Waals surface area contributed by atoms with Crippen LogP contribution in [0.5, 0.6) is 34.5 Å². The first kappa shape index (κ1) is 32.8. The summed E-state index contributed by atoms with van der Waals surface area (Å²) in [5, 5.41) is 10.0. The van der Waals surface area contributed by atoms with Crippen LogP contribution in [0.25, 0.3) is 0 Å². The molecule has 3 N–H and O–H groups in total. The molecule has 0 saturated carbocycles. The molecule has 0 saturated heterocycles. The standard InChI is InChI=1S/C33H42N6O6/c1-40-25-10-7-22(19-28(25)43-4)13-16-34-31-37-32(35-17-14-23-8-11-26(41-2)29(20-23)44-5)39-33(38-31)36-18-15-24-9-12-27(42-3)30(21-24)45-6/h7-12,19-21H,13-18H2,1-6H3,(H3,34,35,36,37,38,39). The van der Waals surface area contributed by atoms with Gasteiger partial charge in [-0.15, -0.1) is 0 Å². The van der Waals surface area contributed by atoms with Gasteiger partial charge in [0.25, 0.3) is 0 Å². The molecule has 0 fully saturated rings. The third kappa shape index (κ3) is 9.18. The van der Waals surface area contributed by atoms with Crippen LogP contribution in [-0.4, -0.2) is 77.2 Å². The van der Waals surface area contributed by atoms with Crippen LogP contribution in [0.1, 0.15) is 16.7 Å². The summed E-state index contributed by atoms with van der Waals surface area (Å²) < 4.78 is 32.4. The Morgan fingerprint density at radius 2 is 0.667 bits per heavy atom. The maximum atomic E-state index is 5.44. The molecule has 12 nitrogen and oxygen atoms in total. The van der Waals surface area contributed by atoms with E-state index in [0.717, 1.165) is 36.0 Å².